The number of hydrogen-bond acceptors (Lipinski definition) is 9. The first-order valence-corrected chi connectivity index (χ1v) is 13.4. The van der Waals surface area contributed by atoms with Gasteiger partial charge in [0.1, 0.15) is 40.2 Å². The molecule has 42 heavy (non-hydrogen) atoms. The van der Waals surface area contributed by atoms with Crippen molar-refractivity contribution in [3.8, 4) is 40.2 Å². The normalized spacial score (nSPS) is 29.6. The van der Waals surface area contributed by atoms with Gasteiger partial charge < -0.3 is 39.7 Å². The Labute approximate surface area is 239 Å². The first kappa shape index (κ1) is 24.6. The van der Waals surface area contributed by atoms with Gasteiger partial charge in [-0.15, -0.1) is 0 Å². The number of aromatic hydroxyl groups is 5. The summed E-state index contributed by atoms with van der Waals surface area (Å²) < 4.78 is 19.5. The lowest BCUT2D eigenvalue weighted by atomic mass is 9.72. The summed E-state index contributed by atoms with van der Waals surface area (Å²) in [5.41, 5.74) is -0.525. The van der Waals surface area contributed by atoms with Crippen LogP contribution in [0.1, 0.15) is 46.6 Å². The van der Waals surface area contributed by atoms with Gasteiger partial charge in [0.2, 0.25) is 0 Å². The van der Waals surface area contributed by atoms with Crippen LogP contribution in [-0.4, -0.2) is 42.5 Å². The number of ether oxygens (including phenoxy) is 3. The standard InChI is InChI=1S/C33H24O9/c1-31-29(20-4-2-3-5-25(20)40-31)32-28(30(31)39)27-24(38)12-16(6-7-17-8-9-18(34)14-22(17)36)13-26(27)41-33(32,42-32)21-11-10-19(35)15-23(21)37/h2-15,28-29,34-38H,1H3/b7-6-. The summed E-state index contributed by atoms with van der Waals surface area (Å²) in [7, 11) is 0. The SMILES string of the molecule is CC12Oc3ccccc3C1C13OC1(c1ccc(O)cc1O)Oc1cc(/C=C\c4ccc(O)cc4O)cc(O)c1C3C2=O. The zero-order chi connectivity index (χ0) is 29.2. The average Bonchev–Trinajstić information content (AvgIpc) is 3.43. The van der Waals surface area contributed by atoms with Gasteiger partial charge in [0.05, 0.1) is 17.4 Å². The van der Waals surface area contributed by atoms with E-state index in [9.17, 15) is 30.3 Å². The molecule has 5 unspecified atom stereocenters. The first-order valence-electron chi connectivity index (χ1n) is 13.4. The van der Waals surface area contributed by atoms with Crippen molar-refractivity contribution in [3.05, 3.63) is 101 Å². The lowest BCUT2D eigenvalue weighted by Gasteiger charge is -2.32. The highest BCUT2D eigenvalue weighted by Gasteiger charge is 2.92. The molecule has 3 heterocycles. The number of Topliss-reactive ketones (excluding diaryl/α,β-unsaturated/α-hetero) is 1. The molecule has 1 saturated carbocycles. The van der Waals surface area contributed by atoms with Gasteiger partial charge in [0.15, 0.2) is 17.0 Å². The maximum atomic E-state index is 14.4. The van der Waals surface area contributed by atoms with E-state index in [0.717, 1.165) is 5.56 Å². The molecule has 8 rings (SSSR count). The number of ketones is 1. The summed E-state index contributed by atoms with van der Waals surface area (Å²) in [6, 6.07) is 18.8. The zero-order valence-electron chi connectivity index (χ0n) is 22.1. The minimum Gasteiger partial charge on any atom is -0.508 e. The molecular formula is C33H24O9. The van der Waals surface area contributed by atoms with Crippen LogP contribution >= 0.6 is 0 Å². The highest BCUT2D eigenvalue weighted by Crippen LogP contribution is 2.80. The number of rotatable bonds is 3. The molecule has 1 saturated heterocycles. The summed E-state index contributed by atoms with van der Waals surface area (Å²) >= 11 is 0. The minimum atomic E-state index is -1.63. The van der Waals surface area contributed by atoms with Gasteiger partial charge in [-0.05, 0) is 55.0 Å². The Balaban J connectivity index is 1.32. The average molecular weight is 565 g/mol. The fraction of sp³-hybridized carbons (Fsp3) is 0.182. The molecule has 0 aromatic heterocycles. The van der Waals surface area contributed by atoms with E-state index in [1.54, 1.807) is 37.3 Å². The van der Waals surface area contributed by atoms with Gasteiger partial charge >= 0.3 is 0 Å². The summed E-state index contributed by atoms with van der Waals surface area (Å²) in [5, 5.41) is 52.1. The number of carbonyl (C=O) groups excluding carboxylic acids is 1. The first-order chi connectivity index (χ1) is 20.1. The number of phenols is 5. The monoisotopic (exact) mass is 564 g/mol. The summed E-state index contributed by atoms with van der Waals surface area (Å²) in [4.78, 5) is 14.4. The van der Waals surface area contributed by atoms with Gasteiger partial charge in [-0.25, -0.2) is 0 Å². The Morgan fingerprint density at radius 1 is 0.762 bits per heavy atom. The van der Waals surface area contributed by atoms with E-state index < -0.39 is 28.8 Å². The fourth-order valence-electron chi connectivity index (χ4n) is 7.27. The van der Waals surface area contributed by atoms with Crippen LogP contribution in [0.5, 0.6) is 40.2 Å². The van der Waals surface area contributed by atoms with Gasteiger partial charge in [0.25, 0.3) is 5.79 Å². The molecule has 4 aromatic rings. The van der Waals surface area contributed by atoms with Crippen LogP contribution in [-0.2, 0) is 15.3 Å². The van der Waals surface area contributed by atoms with Gasteiger partial charge in [-0.1, -0.05) is 30.4 Å². The number of hydrogen-bond donors (Lipinski definition) is 5. The Bertz CT molecular complexity index is 1900. The number of epoxide rings is 1. The third kappa shape index (κ3) is 2.88. The van der Waals surface area contributed by atoms with Crippen molar-refractivity contribution in [2.45, 2.75) is 35.7 Å². The van der Waals surface area contributed by atoms with Crippen molar-refractivity contribution in [3.63, 3.8) is 0 Å². The molecule has 2 fully saturated rings. The second-order valence-corrected chi connectivity index (χ2v) is 11.3. The highest BCUT2D eigenvalue weighted by molar-refractivity contribution is 6.03. The smallest absolute Gasteiger partial charge is 0.273 e. The molecule has 5 atom stereocenters. The van der Waals surface area contributed by atoms with Crippen LogP contribution in [0.15, 0.2) is 72.8 Å². The molecule has 9 heteroatoms. The molecular weight excluding hydrogens is 540 g/mol. The second-order valence-electron chi connectivity index (χ2n) is 11.3. The maximum absolute atomic E-state index is 14.4. The Kier molecular flexibility index (Phi) is 4.56. The van der Waals surface area contributed by atoms with Crippen LogP contribution in [0.3, 0.4) is 0 Å². The van der Waals surface area contributed by atoms with Crippen molar-refractivity contribution < 1.29 is 44.5 Å². The maximum Gasteiger partial charge on any atom is 0.273 e. The van der Waals surface area contributed by atoms with Gasteiger partial charge in [-0.2, -0.15) is 0 Å². The third-order valence-electron chi connectivity index (χ3n) is 8.99. The largest absolute Gasteiger partial charge is 0.508 e. The molecule has 0 amide bonds. The van der Waals surface area contributed by atoms with Crippen molar-refractivity contribution >= 4 is 17.9 Å². The van der Waals surface area contributed by atoms with E-state index in [4.69, 9.17) is 14.2 Å². The van der Waals surface area contributed by atoms with Crippen LogP contribution < -0.4 is 9.47 Å². The van der Waals surface area contributed by atoms with Crippen LogP contribution in [0.25, 0.3) is 12.2 Å². The quantitative estimate of drug-likeness (QED) is 0.171. The molecule has 210 valence electrons. The van der Waals surface area contributed by atoms with Crippen molar-refractivity contribution in [1.82, 2.24) is 0 Å². The number of carbonyl (C=O) groups is 1. The Morgan fingerprint density at radius 2 is 1.50 bits per heavy atom. The summed E-state index contributed by atoms with van der Waals surface area (Å²) in [6.45, 7) is 1.72. The lowest BCUT2D eigenvalue weighted by Crippen LogP contribution is -2.41. The topological polar surface area (TPSA) is 149 Å². The number of phenolic OH excluding ortho intramolecular Hbond substituents is 5. The fourth-order valence-corrected chi connectivity index (χ4v) is 7.27. The summed E-state index contributed by atoms with van der Waals surface area (Å²) in [5.74, 6) is -3.63. The van der Waals surface area contributed by atoms with E-state index in [1.807, 2.05) is 18.2 Å². The molecule has 1 aliphatic carbocycles. The highest BCUT2D eigenvalue weighted by atomic mass is 16.8. The number of para-hydroxylation sites is 1. The van der Waals surface area contributed by atoms with E-state index in [0.29, 0.717) is 16.9 Å². The van der Waals surface area contributed by atoms with Crippen LogP contribution in [0, 0.1) is 0 Å². The van der Waals surface area contributed by atoms with Crippen molar-refractivity contribution in [1.29, 1.82) is 0 Å². The molecule has 4 aliphatic rings. The van der Waals surface area contributed by atoms with Gasteiger partial charge in [0, 0.05) is 28.8 Å². The predicted octanol–water partition coefficient (Wildman–Crippen LogP) is 5.00. The Morgan fingerprint density at radius 3 is 2.26 bits per heavy atom. The molecule has 1 spiro atoms. The van der Waals surface area contributed by atoms with Crippen LogP contribution in [0.2, 0.25) is 0 Å². The van der Waals surface area contributed by atoms with E-state index in [1.165, 1.54) is 36.4 Å². The Hall–Kier alpha value is -5.15. The second kappa shape index (κ2) is 7.77. The van der Waals surface area contributed by atoms with Crippen molar-refractivity contribution in [2.75, 3.05) is 0 Å². The van der Waals surface area contributed by atoms with E-state index in [2.05, 4.69) is 0 Å². The molecule has 5 N–H and O–H groups in total. The third-order valence-corrected chi connectivity index (χ3v) is 8.99. The molecule has 0 radical (unpaired) electrons. The molecule has 9 nitrogen and oxygen atoms in total. The molecule has 3 aliphatic heterocycles. The van der Waals surface area contributed by atoms with E-state index >= 15 is 0 Å². The molecule has 4 aromatic carbocycles. The van der Waals surface area contributed by atoms with Crippen molar-refractivity contribution in [2.24, 2.45) is 0 Å². The minimum absolute atomic E-state index is 0.0773. The van der Waals surface area contributed by atoms with Gasteiger partial charge in [-0.3, -0.25) is 4.79 Å². The molecule has 0 bridgehead atoms. The van der Waals surface area contributed by atoms with E-state index in [-0.39, 0.29) is 51.4 Å². The van der Waals surface area contributed by atoms with Crippen LogP contribution in [0.4, 0.5) is 0 Å². The zero-order valence-corrected chi connectivity index (χ0v) is 22.1. The predicted molar refractivity (Wildman–Crippen MR) is 149 cm³/mol. The lowest BCUT2D eigenvalue weighted by molar-refractivity contribution is -0.130. The summed E-state index contributed by atoms with van der Waals surface area (Å²) in [6.07, 6.45) is 3.25. The number of benzene rings is 4. The number of fused-ring (bicyclic) bond motifs is 5.